The fraction of sp³-hybridized carbons (Fsp3) is 0.281. The normalized spacial score (nSPS) is 11.1. The van der Waals surface area contributed by atoms with Crippen LogP contribution < -0.4 is 10.6 Å². The monoisotopic (exact) mass is 569 g/mol. The number of hydrogen-bond acceptors (Lipinski definition) is 6. The number of pyridine rings is 1. The Bertz CT molecular complexity index is 1530. The van der Waals surface area contributed by atoms with Crippen LogP contribution in [0.25, 0.3) is 16.8 Å². The number of carbonyl (C=O) groups excluding carboxylic acids is 2. The van der Waals surface area contributed by atoms with Gasteiger partial charge >= 0.3 is 12.1 Å². The van der Waals surface area contributed by atoms with Crippen molar-refractivity contribution in [1.29, 1.82) is 0 Å². The lowest BCUT2D eigenvalue weighted by Crippen LogP contribution is -2.27. The zero-order chi connectivity index (χ0) is 30.1. The Balaban J connectivity index is 1.47. The number of rotatable bonds is 11. The van der Waals surface area contributed by atoms with Gasteiger partial charge in [-0.05, 0) is 82.0 Å². The van der Waals surface area contributed by atoms with Crippen LogP contribution in [0, 0.1) is 0 Å². The summed E-state index contributed by atoms with van der Waals surface area (Å²) in [5.41, 5.74) is 3.06. The summed E-state index contributed by atoms with van der Waals surface area (Å²) in [4.78, 5) is 45.1. The molecule has 218 valence electrons. The third-order valence-corrected chi connectivity index (χ3v) is 6.19. The molecule has 0 unspecified atom stereocenters. The van der Waals surface area contributed by atoms with E-state index in [0.29, 0.717) is 30.2 Å². The number of aromatic nitrogens is 3. The molecular weight excluding hydrogens is 534 g/mol. The summed E-state index contributed by atoms with van der Waals surface area (Å²) in [6.07, 6.45) is 5.96. The third-order valence-electron chi connectivity index (χ3n) is 6.19. The molecule has 0 aliphatic rings. The van der Waals surface area contributed by atoms with E-state index in [1.165, 1.54) is 0 Å². The van der Waals surface area contributed by atoms with Crippen LogP contribution in [0.2, 0.25) is 0 Å². The van der Waals surface area contributed by atoms with Gasteiger partial charge < -0.3 is 9.84 Å². The highest BCUT2D eigenvalue weighted by Gasteiger charge is 2.17. The smallest absolute Gasteiger partial charge is 0.413 e. The van der Waals surface area contributed by atoms with Gasteiger partial charge in [-0.25, -0.2) is 14.8 Å². The molecular formula is C32H35N5O5. The van der Waals surface area contributed by atoms with E-state index >= 15 is 0 Å². The topological polar surface area (TPSA) is 135 Å². The van der Waals surface area contributed by atoms with Crippen molar-refractivity contribution in [2.24, 2.45) is 0 Å². The zero-order valence-electron chi connectivity index (χ0n) is 24.0. The lowest BCUT2D eigenvalue weighted by Gasteiger charge is -2.19. The van der Waals surface area contributed by atoms with Gasteiger partial charge in [-0.15, -0.1) is 0 Å². The second-order valence-corrected chi connectivity index (χ2v) is 10.8. The number of nitrogens with one attached hydrogen (secondary N) is 2. The fourth-order valence-electron chi connectivity index (χ4n) is 4.24. The van der Waals surface area contributed by atoms with Crippen LogP contribution in [0.15, 0.2) is 79.1 Å². The van der Waals surface area contributed by atoms with Crippen LogP contribution in [-0.4, -0.2) is 43.2 Å². The first-order valence-electron chi connectivity index (χ1n) is 13.8. The largest absolute Gasteiger partial charge is 0.481 e. The van der Waals surface area contributed by atoms with Gasteiger partial charge in [0.05, 0.1) is 5.69 Å². The van der Waals surface area contributed by atoms with E-state index in [0.717, 1.165) is 35.3 Å². The first-order chi connectivity index (χ1) is 20.1. The molecule has 0 atom stereocenters. The van der Waals surface area contributed by atoms with Crippen molar-refractivity contribution in [2.75, 3.05) is 10.6 Å². The molecule has 10 nitrogen and oxygen atoms in total. The lowest BCUT2D eigenvalue weighted by molar-refractivity contribution is -0.137. The SMILES string of the molecule is CC(C)(C)OC(=O)Nc1ccc(-c2cccc(C(=O)Nc3nc(CCCCCC(=O)O)cn3-c3ccccc3)c2)cn1. The van der Waals surface area contributed by atoms with Crippen molar-refractivity contribution in [3.63, 3.8) is 0 Å². The Morgan fingerprint density at radius 1 is 0.905 bits per heavy atom. The highest BCUT2D eigenvalue weighted by molar-refractivity contribution is 6.04. The lowest BCUT2D eigenvalue weighted by atomic mass is 10.0. The standard InChI is InChI=1S/C32H35N5O5/c1-32(2,3)42-31(41)35-27-18-17-24(20-33-27)22-11-10-12-23(19-22)29(40)36-30-34-25(13-6-4-9-16-28(38)39)21-37(30)26-14-7-5-8-15-26/h5,7-8,10-12,14-15,17-21H,4,6,9,13,16H2,1-3H3,(H,38,39)(H,33,35,41)(H,34,36,40). The molecule has 3 N–H and O–H groups in total. The number of unbranched alkanes of at least 4 members (excludes halogenated alkanes) is 2. The van der Waals surface area contributed by atoms with Crippen LogP contribution in [-0.2, 0) is 16.0 Å². The van der Waals surface area contributed by atoms with Gasteiger partial charge in [-0.3, -0.25) is 24.8 Å². The van der Waals surface area contributed by atoms with Gasteiger partial charge in [0.1, 0.15) is 11.4 Å². The zero-order valence-corrected chi connectivity index (χ0v) is 24.0. The first kappa shape index (κ1) is 30.0. The van der Waals surface area contributed by atoms with Crippen LogP contribution in [0.5, 0.6) is 0 Å². The molecule has 0 saturated heterocycles. The maximum atomic E-state index is 13.3. The molecule has 0 saturated carbocycles. The number of aryl methyl sites for hydroxylation is 1. The van der Waals surface area contributed by atoms with Crippen LogP contribution in [0.1, 0.15) is 62.5 Å². The molecule has 0 bridgehead atoms. The van der Waals surface area contributed by atoms with Crippen LogP contribution >= 0.6 is 0 Å². The first-order valence-corrected chi connectivity index (χ1v) is 13.8. The Hall–Kier alpha value is -4.99. The van der Waals surface area contributed by atoms with E-state index in [9.17, 15) is 14.4 Å². The Morgan fingerprint density at radius 2 is 1.69 bits per heavy atom. The van der Waals surface area contributed by atoms with Gasteiger partial charge in [0.15, 0.2) is 0 Å². The quantitative estimate of drug-likeness (QED) is 0.171. The summed E-state index contributed by atoms with van der Waals surface area (Å²) >= 11 is 0. The number of imidazole rings is 1. The number of nitrogens with zero attached hydrogens (tertiary/aromatic N) is 3. The Morgan fingerprint density at radius 3 is 2.38 bits per heavy atom. The highest BCUT2D eigenvalue weighted by Crippen LogP contribution is 2.23. The van der Waals surface area contributed by atoms with Gasteiger partial charge in [-0.2, -0.15) is 0 Å². The predicted molar refractivity (Wildman–Crippen MR) is 161 cm³/mol. The summed E-state index contributed by atoms with van der Waals surface area (Å²) in [5.74, 6) is -0.353. The number of carbonyl (C=O) groups is 3. The van der Waals surface area contributed by atoms with E-state index in [2.05, 4.69) is 20.6 Å². The van der Waals surface area contributed by atoms with Gasteiger partial charge in [-0.1, -0.05) is 36.8 Å². The van der Waals surface area contributed by atoms with Crippen molar-refractivity contribution >= 4 is 29.7 Å². The molecule has 4 aromatic rings. The Labute approximate surface area is 244 Å². The second-order valence-electron chi connectivity index (χ2n) is 10.8. The molecule has 0 radical (unpaired) electrons. The van der Waals surface area contributed by atoms with Gasteiger partial charge in [0.25, 0.3) is 5.91 Å². The molecule has 0 aliphatic carbocycles. The number of ether oxygens (including phenoxy) is 1. The molecule has 0 fully saturated rings. The van der Waals surface area contributed by atoms with E-state index in [-0.39, 0.29) is 12.3 Å². The van der Waals surface area contributed by atoms with E-state index < -0.39 is 17.7 Å². The van der Waals surface area contributed by atoms with Crippen molar-refractivity contribution in [2.45, 2.75) is 58.5 Å². The van der Waals surface area contributed by atoms with E-state index in [1.54, 1.807) is 51.2 Å². The molecule has 42 heavy (non-hydrogen) atoms. The average Bonchev–Trinajstić information content (AvgIpc) is 3.35. The Kier molecular flexibility index (Phi) is 9.69. The summed E-state index contributed by atoms with van der Waals surface area (Å²) < 4.78 is 7.10. The number of benzene rings is 2. The molecule has 2 heterocycles. The van der Waals surface area contributed by atoms with Crippen molar-refractivity contribution < 1.29 is 24.2 Å². The number of hydrogen-bond donors (Lipinski definition) is 3. The maximum absolute atomic E-state index is 13.3. The van der Waals surface area contributed by atoms with Crippen molar-refractivity contribution in [3.8, 4) is 16.8 Å². The van der Waals surface area contributed by atoms with E-state index in [1.807, 2.05) is 53.2 Å². The summed E-state index contributed by atoms with van der Waals surface area (Å²) in [6, 6.07) is 20.3. The van der Waals surface area contributed by atoms with Crippen LogP contribution in [0.3, 0.4) is 0 Å². The molecule has 2 aromatic carbocycles. The molecule has 0 spiro atoms. The average molecular weight is 570 g/mol. The number of para-hydroxylation sites is 1. The molecule has 2 amide bonds. The summed E-state index contributed by atoms with van der Waals surface area (Å²) in [6.45, 7) is 5.36. The minimum atomic E-state index is -0.791. The molecule has 10 heteroatoms. The third kappa shape index (κ3) is 8.76. The number of amides is 2. The maximum Gasteiger partial charge on any atom is 0.413 e. The fourth-order valence-corrected chi connectivity index (χ4v) is 4.24. The molecule has 0 aliphatic heterocycles. The van der Waals surface area contributed by atoms with Crippen molar-refractivity contribution in [1.82, 2.24) is 14.5 Å². The number of aliphatic carboxylic acids is 1. The van der Waals surface area contributed by atoms with E-state index in [4.69, 9.17) is 9.84 Å². The number of carboxylic acid groups (broad SMARTS) is 1. The molecule has 4 rings (SSSR count). The van der Waals surface area contributed by atoms with Gasteiger partial charge in [0, 0.05) is 35.6 Å². The minimum absolute atomic E-state index is 0.155. The number of anilines is 2. The number of carboxylic acids is 1. The summed E-state index contributed by atoms with van der Waals surface area (Å²) in [7, 11) is 0. The second kappa shape index (κ2) is 13.6. The predicted octanol–water partition coefficient (Wildman–Crippen LogP) is 6.72. The molecule has 2 aromatic heterocycles. The van der Waals surface area contributed by atoms with Crippen LogP contribution in [0.4, 0.5) is 16.6 Å². The van der Waals surface area contributed by atoms with Crippen molar-refractivity contribution in [3.05, 3.63) is 90.4 Å². The summed E-state index contributed by atoms with van der Waals surface area (Å²) in [5, 5.41) is 14.4. The van der Waals surface area contributed by atoms with Gasteiger partial charge in [0.2, 0.25) is 5.95 Å². The highest BCUT2D eigenvalue weighted by atomic mass is 16.6. The minimum Gasteiger partial charge on any atom is -0.481 e.